The van der Waals surface area contributed by atoms with Gasteiger partial charge in [-0.3, -0.25) is 14.4 Å². The number of imidazole rings is 1. The molecule has 0 bridgehead atoms. The normalized spacial score (nSPS) is 18.8. The summed E-state index contributed by atoms with van der Waals surface area (Å²) in [7, 11) is 2.76. The molecular formula is C30H34F2N6O5. The minimum Gasteiger partial charge on any atom is -0.494 e. The average molecular weight is 597 g/mol. The van der Waals surface area contributed by atoms with E-state index in [1.165, 1.54) is 37.1 Å². The van der Waals surface area contributed by atoms with Crippen LogP contribution in [-0.2, 0) is 11.8 Å². The second-order valence-corrected chi connectivity index (χ2v) is 10.7. The lowest BCUT2D eigenvalue weighted by Gasteiger charge is -2.38. The summed E-state index contributed by atoms with van der Waals surface area (Å²) in [5.41, 5.74) is 1.69. The van der Waals surface area contributed by atoms with Crippen molar-refractivity contribution in [3.05, 3.63) is 65.1 Å². The first-order chi connectivity index (χ1) is 20.6. The maximum atomic E-state index is 14.6. The molecule has 2 aliphatic rings. The zero-order valence-corrected chi connectivity index (χ0v) is 24.2. The fourth-order valence-corrected chi connectivity index (χ4v) is 5.59. The smallest absolute Gasteiger partial charge is 0.291 e. The first kappa shape index (κ1) is 30.1. The van der Waals surface area contributed by atoms with Crippen LogP contribution in [0.15, 0.2) is 36.5 Å². The molecule has 2 unspecified atom stereocenters. The highest BCUT2D eigenvalue weighted by Gasteiger charge is 2.34. The fourth-order valence-electron chi connectivity index (χ4n) is 5.59. The zero-order valence-electron chi connectivity index (χ0n) is 24.2. The number of rotatable bonds is 6. The number of amides is 3. The van der Waals surface area contributed by atoms with E-state index in [0.717, 1.165) is 0 Å². The van der Waals surface area contributed by atoms with Gasteiger partial charge in [-0.15, -0.1) is 0 Å². The number of aliphatic hydroxyl groups excluding tert-OH is 1. The quantitative estimate of drug-likeness (QED) is 0.398. The first-order valence-electron chi connectivity index (χ1n) is 14.0. The SMILES string of the molecule is COc1ccc(-c2cnc(C(=O)Nc3ccc(C(=O)N4CCN(C(=O)C5CCNCC5O)CC4)c(C)c3)n2C)c(F)c1F. The second kappa shape index (κ2) is 12.5. The van der Waals surface area contributed by atoms with Crippen LogP contribution in [0.5, 0.6) is 5.75 Å². The highest BCUT2D eigenvalue weighted by molar-refractivity contribution is 6.03. The van der Waals surface area contributed by atoms with Gasteiger partial charge in [0.25, 0.3) is 11.8 Å². The third kappa shape index (κ3) is 5.95. The van der Waals surface area contributed by atoms with Gasteiger partial charge in [-0.2, -0.15) is 4.39 Å². The number of anilines is 1. The molecule has 0 aliphatic carbocycles. The Labute approximate surface area is 247 Å². The number of methoxy groups -OCH3 is 1. The van der Waals surface area contributed by atoms with Crippen LogP contribution in [0.2, 0.25) is 0 Å². The number of carbonyl (C=O) groups is 3. The molecule has 3 aromatic rings. The molecule has 2 atom stereocenters. The van der Waals surface area contributed by atoms with Crippen LogP contribution in [0.3, 0.4) is 0 Å². The summed E-state index contributed by atoms with van der Waals surface area (Å²) < 4.78 is 35.1. The highest BCUT2D eigenvalue weighted by atomic mass is 19.2. The molecule has 0 spiro atoms. The Morgan fingerprint density at radius 2 is 1.79 bits per heavy atom. The fraction of sp³-hybridized carbons (Fsp3) is 0.400. The lowest BCUT2D eigenvalue weighted by atomic mass is 9.93. The number of piperazine rings is 1. The number of benzene rings is 2. The van der Waals surface area contributed by atoms with Gasteiger partial charge in [0, 0.05) is 56.6 Å². The molecule has 2 aromatic carbocycles. The van der Waals surface area contributed by atoms with Crippen molar-refractivity contribution in [1.29, 1.82) is 0 Å². The van der Waals surface area contributed by atoms with Crippen molar-refractivity contribution in [2.45, 2.75) is 19.4 Å². The summed E-state index contributed by atoms with van der Waals surface area (Å²) in [6.45, 7) is 4.41. The minimum absolute atomic E-state index is 0.0205. The number of aliphatic hydroxyl groups is 1. The van der Waals surface area contributed by atoms with Gasteiger partial charge < -0.3 is 34.8 Å². The molecule has 13 heteroatoms. The average Bonchev–Trinajstić information content (AvgIpc) is 3.39. The van der Waals surface area contributed by atoms with Crippen LogP contribution in [0.4, 0.5) is 14.5 Å². The van der Waals surface area contributed by atoms with Crippen molar-refractivity contribution in [3.8, 4) is 17.0 Å². The Bertz CT molecular complexity index is 1550. The van der Waals surface area contributed by atoms with Gasteiger partial charge in [-0.1, -0.05) is 0 Å². The van der Waals surface area contributed by atoms with Crippen molar-refractivity contribution >= 4 is 23.4 Å². The largest absolute Gasteiger partial charge is 0.494 e. The molecular weight excluding hydrogens is 562 g/mol. The van der Waals surface area contributed by atoms with E-state index in [0.29, 0.717) is 62.5 Å². The van der Waals surface area contributed by atoms with Crippen LogP contribution >= 0.6 is 0 Å². The van der Waals surface area contributed by atoms with Gasteiger partial charge in [-0.05, 0) is 55.8 Å². The number of piperidine rings is 1. The molecule has 2 aliphatic heterocycles. The monoisotopic (exact) mass is 596 g/mol. The first-order valence-corrected chi connectivity index (χ1v) is 14.0. The maximum absolute atomic E-state index is 14.6. The number of halogens is 2. The Hall–Kier alpha value is -4.36. The van der Waals surface area contributed by atoms with E-state index in [2.05, 4.69) is 15.6 Å². The lowest BCUT2D eigenvalue weighted by molar-refractivity contribution is -0.141. The molecule has 0 saturated carbocycles. The van der Waals surface area contributed by atoms with Crippen molar-refractivity contribution in [1.82, 2.24) is 24.7 Å². The molecule has 2 saturated heterocycles. The summed E-state index contributed by atoms with van der Waals surface area (Å²) >= 11 is 0. The van der Waals surface area contributed by atoms with Crippen molar-refractivity contribution in [2.75, 3.05) is 51.7 Å². The number of hydrogen-bond acceptors (Lipinski definition) is 7. The third-order valence-electron chi connectivity index (χ3n) is 8.09. The van der Waals surface area contributed by atoms with Gasteiger partial charge in [0.2, 0.25) is 11.7 Å². The summed E-state index contributed by atoms with van der Waals surface area (Å²) in [4.78, 5) is 46.7. The molecule has 3 amide bonds. The molecule has 2 fully saturated rings. The van der Waals surface area contributed by atoms with E-state index in [4.69, 9.17) is 4.74 Å². The van der Waals surface area contributed by atoms with E-state index in [1.807, 2.05) is 0 Å². The van der Waals surface area contributed by atoms with Gasteiger partial charge in [0.15, 0.2) is 17.4 Å². The van der Waals surface area contributed by atoms with E-state index >= 15 is 0 Å². The van der Waals surface area contributed by atoms with Crippen LogP contribution in [0.25, 0.3) is 11.3 Å². The summed E-state index contributed by atoms with van der Waals surface area (Å²) in [5.74, 6) is -3.73. The second-order valence-electron chi connectivity index (χ2n) is 10.7. The predicted molar refractivity (Wildman–Crippen MR) is 154 cm³/mol. The third-order valence-corrected chi connectivity index (χ3v) is 8.09. The van der Waals surface area contributed by atoms with Gasteiger partial charge in [0.1, 0.15) is 0 Å². The summed E-state index contributed by atoms with van der Waals surface area (Å²) in [6.07, 6.45) is 1.17. The van der Waals surface area contributed by atoms with E-state index in [9.17, 15) is 28.3 Å². The number of nitrogens with zero attached hydrogens (tertiary/aromatic N) is 4. The molecule has 0 radical (unpaired) electrons. The molecule has 3 heterocycles. The number of ether oxygens (including phenoxy) is 1. The van der Waals surface area contributed by atoms with Gasteiger partial charge in [-0.25, -0.2) is 9.37 Å². The molecule has 1 aromatic heterocycles. The molecule has 11 nitrogen and oxygen atoms in total. The molecule has 228 valence electrons. The number of β-amino-alcohol motifs (C(OH)–C–C–N with tert-alkyl or cyclic N) is 1. The Morgan fingerprint density at radius 3 is 2.47 bits per heavy atom. The number of aromatic nitrogens is 2. The molecule has 3 N–H and O–H groups in total. The maximum Gasteiger partial charge on any atom is 0.291 e. The Kier molecular flexibility index (Phi) is 8.74. The van der Waals surface area contributed by atoms with Crippen LogP contribution in [0.1, 0.15) is 33.0 Å². The topological polar surface area (TPSA) is 129 Å². The van der Waals surface area contributed by atoms with Crippen LogP contribution < -0.4 is 15.4 Å². The summed E-state index contributed by atoms with van der Waals surface area (Å²) in [5, 5.41) is 16.0. The Balaban J connectivity index is 1.22. The van der Waals surface area contributed by atoms with Crippen LogP contribution in [0, 0.1) is 24.5 Å². The minimum atomic E-state index is -1.13. The van der Waals surface area contributed by atoms with E-state index in [-0.39, 0.29) is 34.6 Å². The number of nitrogens with one attached hydrogen (secondary N) is 2. The number of carbonyl (C=O) groups excluding carboxylic acids is 3. The molecule has 5 rings (SSSR count). The van der Waals surface area contributed by atoms with E-state index < -0.39 is 29.6 Å². The standard InChI is InChI=1S/C30H34F2N6O5/c1-17-14-18(35-28(40)27-34-15-22(36(27)2)20-6-7-24(43-3)26(32)25(20)31)4-5-19(17)29(41)37-10-12-38(13-11-37)30(42)21-8-9-33-16-23(21)39/h4-7,14-15,21,23,33,39H,8-13,16H2,1-3H3,(H,35,40). The molecule has 43 heavy (non-hydrogen) atoms. The number of hydrogen-bond donors (Lipinski definition) is 3. The van der Waals surface area contributed by atoms with Crippen molar-refractivity contribution in [2.24, 2.45) is 13.0 Å². The highest BCUT2D eigenvalue weighted by Crippen LogP contribution is 2.30. The predicted octanol–water partition coefficient (Wildman–Crippen LogP) is 2.19. The van der Waals surface area contributed by atoms with E-state index in [1.54, 1.807) is 34.9 Å². The summed E-state index contributed by atoms with van der Waals surface area (Å²) in [6, 6.07) is 7.57. The lowest BCUT2D eigenvalue weighted by Crippen LogP contribution is -2.55. The van der Waals surface area contributed by atoms with Gasteiger partial charge in [0.05, 0.1) is 31.0 Å². The van der Waals surface area contributed by atoms with Crippen molar-refractivity contribution < 1.29 is 33.0 Å². The number of aryl methyl sites for hydroxylation is 1. The van der Waals surface area contributed by atoms with Crippen molar-refractivity contribution in [3.63, 3.8) is 0 Å². The zero-order chi connectivity index (χ0) is 30.8. The van der Waals surface area contributed by atoms with Gasteiger partial charge >= 0.3 is 0 Å². The van der Waals surface area contributed by atoms with Crippen LogP contribution in [-0.4, -0.2) is 94.7 Å². The Morgan fingerprint density at radius 1 is 1.07 bits per heavy atom.